The van der Waals surface area contributed by atoms with Gasteiger partial charge in [-0.3, -0.25) is 4.90 Å². The van der Waals surface area contributed by atoms with Crippen molar-refractivity contribution in [3.8, 4) is 17.2 Å². The van der Waals surface area contributed by atoms with Crippen molar-refractivity contribution < 1.29 is 14.6 Å². The summed E-state index contributed by atoms with van der Waals surface area (Å²) in [4.78, 5) is 2.37. The largest absolute Gasteiger partial charge is 0.507 e. The Morgan fingerprint density at radius 2 is 1.67 bits per heavy atom. The first-order chi connectivity index (χ1) is 8.74. The molecule has 100 valence electrons. The number of aromatic hydroxyl groups is 1. The van der Waals surface area contributed by atoms with Crippen molar-refractivity contribution in [3.05, 3.63) is 17.7 Å². The zero-order valence-corrected chi connectivity index (χ0v) is 11.1. The fourth-order valence-electron chi connectivity index (χ4n) is 2.40. The Balaban J connectivity index is 2.16. The van der Waals surface area contributed by atoms with Crippen molar-refractivity contribution in [3.63, 3.8) is 0 Å². The quantitative estimate of drug-likeness (QED) is 0.892. The molecule has 1 aliphatic rings. The maximum Gasteiger partial charge on any atom is 0.164 e. The lowest BCUT2D eigenvalue weighted by molar-refractivity contribution is 0.218. The zero-order chi connectivity index (χ0) is 13.0. The van der Waals surface area contributed by atoms with Crippen LogP contribution in [0.15, 0.2) is 12.1 Å². The van der Waals surface area contributed by atoms with E-state index in [-0.39, 0.29) is 5.75 Å². The number of rotatable bonds is 4. The number of nitrogens with zero attached hydrogens (tertiary/aromatic N) is 1. The van der Waals surface area contributed by atoms with Crippen LogP contribution in [0, 0.1) is 0 Å². The molecule has 1 aromatic carbocycles. The highest BCUT2D eigenvalue weighted by Crippen LogP contribution is 2.34. The molecule has 1 aromatic rings. The van der Waals surface area contributed by atoms with Gasteiger partial charge in [-0.25, -0.2) is 0 Å². The van der Waals surface area contributed by atoms with Crippen molar-refractivity contribution in [2.75, 3.05) is 27.3 Å². The minimum absolute atomic E-state index is 0.276. The number of hydrogen-bond donors (Lipinski definition) is 1. The van der Waals surface area contributed by atoms with Gasteiger partial charge in [-0.2, -0.15) is 0 Å². The molecule has 0 aromatic heterocycles. The summed E-state index contributed by atoms with van der Waals surface area (Å²) >= 11 is 0. The van der Waals surface area contributed by atoms with Crippen molar-refractivity contribution in [2.45, 2.75) is 25.8 Å². The summed E-state index contributed by atoms with van der Waals surface area (Å²) in [5.41, 5.74) is 0.898. The molecule has 18 heavy (non-hydrogen) atoms. The van der Waals surface area contributed by atoms with Crippen LogP contribution < -0.4 is 9.47 Å². The van der Waals surface area contributed by atoms with E-state index in [1.165, 1.54) is 19.3 Å². The molecule has 1 saturated heterocycles. The number of methoxy groups -OCH3 is 2. The highest BCUT2D eigenvalue weighted by molar-refractivity contribution is 5.50. The van der Waals surface area contributed by atoms with Crippen LogP contribution in [0.1, 0.15) is 24.8 Å². The molecule has 0 unspecified atom stereocenters. The van der Waals surface area contributed by atoms with E-state index in [1.807, 2.05) is 6.07 Å². The Morgan fingerprint density at radius 3 is 2.28 bits per heavy atom. The summed E-state index contributed by atoms with van der Waals surface area (Å²) in [6.45, 7) is 2.98. The van der Waals surface area contributed by atoms with Crippen molar-refractivity contribution >= 4 is 0 Å². The SMILES string of the molecule is COc1cc(O)c(CN2CCCCC2)cc1OC. The molecule has 1 aliphatic heterocycles. The Morgan fingerprint density at radius 1 is 1.06 bits per heavy atom. The lowest BCUT2D eigenvalue weighted by atomic mass is 10.1. The highest BCUT2D eigenvalue weighted by Gasteiger charge is 2.15. The van der Waals surface area contributed by atoms with E-state index in [9.17, 15) is 5.11 Å². The van der Waals surface area contributed by atoms with Crippen LogP contribution in [-0.4, -0.2) is 37.3 Å². The second-order valence-corrected chi connectivity index (χ2v) is 4.67. The van der Waals surface area contributed by atoms with E-state index in [2.05, 4.69) is 4.90 Å². The van der Waals surface area contributed by atoms with Gasteiger partial charge in [0.15, 0.2) is 11.5 Å². The third-order valence-electron chi connectivity index (χ3n) is 3.43. The van der Waals surface area contributed by atoms with Gasteiger partial charge in [-0.15, -0.1) is 0 Å². The molecule has 4 nitrogen and oxygen atoms in total. The van der Waals surface area contributed by atoms with Crippen LogP contribution in [0.2, 0.25) is 0 Å². The molecular weight excluding hydrogens is 230 g/mol. The molecule has 1 heterocycles. The lowest BCUT2D eigenvalue weighted by Gasteiger charge is -2.27. The number of phenolic OH excluding ortho intramolecular Hbond substituents is 1. The monoisotopic (exact) mass is 251 g/mol. The first-order valence-corrected chi connectivity index (χ1v) is 6.41. The Bertz CT molecular complexity index is 400. The molecule has 0 saturated carbocycles. The minimum atomic E-state index is 0.276. The topological polar surface area (TPSA) is 41.9 Å². The van der Waals surface area contributed by atoms with E-state index in [4.69, 9.17) is 9.47 Å². The number of phenols is 1. The molecule has 0 aliphatic carbocycles. The zero-order valence-electron chi connectivity index (χ0n) is 11.1. The van der Waals surface area contributed by atoms with Crippen LogP contribution in [0.3, 0.4) is 0 Å². The fraction of sp³-hybridized carbons (Fsp3) is 0.571. The predicted octanol–water partition coefficient (Wildman–Crippen LogP) is 2.40. The third kappa shape index (κ3) is 2.88. The van der Waals surface area contributed by atoms with E-state index < -0.39 is 0 Å². The maximum atomic E-state index is 10.0. The normalized spacial score (nSPS) is 16.6. The van der Waals surface area contributed by atoms with Crippen LogP contribution in [-0.2, 0) is 6.54 Å². The lowest BCUT2D eigenvalue weighted by Crippen LogP contribution is -2.29. The number of ether oxygens (including phenoxy) is 2. The molecule has 0 amide bonds. The van der Waals surface area contributed by atoms with Gasteiger partial charge in [0, 0.05) is 18.2 Å². The van der Waals surface area contributed by atoms with Gasteiger partial charge in [0.2, 0.25) is 0 Å². The van der Waals surface area contributed by atoms with E-state index in [1.54, 1.807) is 20.3 Å². The molecule has 0 spiro atoms. The summed E-state index contributed by atoms with van der Waals surface area (Å²) in [5, 5.41) is 10.0. The Kier molecular flexibility index (Phi) is 4.31. The molecule has 0 bridgehead atoms. The molecule has 0 atom stereocenters. The molecular formula is C14H21NO3. The predicted molar refractivity (Wildman–Crippen MR) is 70.3 cm³/mol. The number of hydrogen-bond acceptors (Lipinski definition) is 4. The van der Waals surface area contributed by atoms with Gasteiger partial charge in [0.05, 0.1) is 14.2 Å². The highest BCUT2D eigenvalue weighted by atomic mass is 16.5. The van der Waals surface area contributed by atoms with Crippen LogP contribution >= 0.6 is 0 Å². The van der Waals surface area contributed by atoms with Gasteiger partial charge in [0.1, 0.15) is 5.75 Å². The molecule has 0 radical (unpaired) electrons. The number of piperidine rings is 1. The standard InChI is InChI=1S/C14H21NO3/c1-17-13-8-11(12(16)9-14(13)18-2)10-15-6-4-3-5-7-15/h8-9,16H,3-7,10H2,1-2H3. The van der Waals surface area contributed by atoms with Crippen molar-refractivity contribution in [1.82, 2.24) is 4.90 Å². The number of benzene rings is 1. The smallest absolute Gasteiger partial charge is 0.164 e. The third-order valence-corrected chi connectivity index (χ3v) is 3.43. The van der Waals surface area contributed by atoms with E-state index >= 15 is 0 Å². The Hall–Kier alpha value is -1.42. The summed E-state index contributed by atoms with van der Waals surface area (Å²) < 4.78 is 10.4. The Labute approximate surface area is 108 Å². The van der Waals surface area contributed by atoms with Gasteiger partial charge in [0.25, 0.3) is 0 Å². The van der Waals surface area contributed by atoms with Crippen LogP contribution in [0.25, 0.3) is 0 Å². The van der Waals surface area contributed by atoms with Gasteiger partial charge in [-0.1, -0.05) is 6.42 Å². The van der Waals surface area contributed by atoms with E-state index in [0.29, 0.717) is 11.5 Å². The van der Waals surface area contributed by atoms with Crippen molar-refractivity contribution in [2.24, 2.45) is 0 Å². The summed E-state index contributed by atoms with van der Waals surface area (Å²) in [5.74, 6) is 1.51. The molecule has 2 rings (SSSR count). The second-order valence-electron chi connectivity index (χ2n) is 4.67. The van der Waals surface area contributed by atoms with Crippen molar-refractivity contribution in [1.29, 1.82) is 0 Å². The number of likely N-dealkylation sites (tertiary alicyclic amines) is 1. The summed E-state index contributed by atoms with van der Waals surface area (Å²) in [6.07, 6.45) is 3.80. The molecule has 1 fully saturated rings. The van der Waals surface area contributed by atoms with Gasteiger partial charge >= 0.3 is 0 Å². The molecule has 1 N–H and O–H groups in total. The maximum absolute atomic E-state index is 10.0. The summed E-state index contributed by atoms with van der Waals surface area (Å²) in [6, 6.07) is 3.49. The average Bonchev–Trinajstić information content (AvgIpc) is 2.41. The summed E-state index contributed by atoms with van der Waals surface area (Å²) in [7, 11) is 3.18. The first-order valence-electron chi connectivity index (χ1n) is 6.41. The van der Waals surface area contributed by atoms with Crippen LogP contribution in [0.5, 0.6) is 17.2 Å². The molecule has 4 heteroatoms. The van der Waals surface area contributed by atoms with E-state index in [0.717, 1.165) is 25.2 Å². The average molecular weight is 251 g/mol. The minimum Gasteiger partial charge on any atom is -0.507 e. The fourth-order valence-corrected chi connectivity index (χ4v) is 2.40. The first kappa shape index (κ1) is 13.0. The van der Waals surface area contributed by atoms with Crippen LogP contribution in [0.4, 0.5) is 0 Å². The second kappa shape index (κ2) is 5.96. The van der Waals surface area contributed by atoms with Gasteiger partial charge < -0.3 is 14.6 Å². The van der Waals surface area contributed by atoms with Gasteiger partial charge in [-0.05, 0) is 32.0 Å².